The monoisotopic (exact) mass is 250 g/mol. The first kappa shape index (κ1) is 13.2. The van der Waals surface area contributed by atoms with E-state index < -0.39 is 17.2 Å². The summed E-state index contributed by atoms with van der Waals surface area (Å²) in [5, 5.41) is 10.4. The van der Waals surface area contributed by atoms with Crippen LogP contribution in [0.4, 0.5) is 4.39 Å². The molecular weight excluding hydrogens is 231 g/mol. The highest BCUT2D eigenvalue weighted by Crippen LogP contribution is 2.32. The van der Waals surface area contributed by atoms with E-state index >= 15 is 0 Å². The van der Waals surface area contributed by atoms with Gasteiger partial charge in [-0.05, 0) is 43.9 Å². The Hall–Kier alpha value is -1.22. The minimum absolute atomic E-state index is 0.0602. The van der Waals surface area contributed by atoms with Gasteiger partial charge in [-0.25, -0.2) is 4.39 Å². The van der Waals surface area contributed by atoms with Gasteiger partial charge in [-0.2, -0.15) is 0 Å². The van der Waals surface area contributed by atoms with E-state index in [1.54, 1.807) is 19.9 Å². The van der Waals surface area contributed by atoms with Gasteiger partial charge in [0.2, 0.25) is 0 Å². The third kappa shape index (κ3) is 2.32. The summed E-state index contributed by atoms with van der Waals surface area (Å²) in [4.78, 5) is 12.4. The van der Waals surface area contributed by atoms with Gasteiger partial charge in [-0.15, -0.1) is 0 Å². The second-order valence-electron chi connectivity index (χ2n) is 5.36. The molecule has 1 aliphatic rings. The van der Waals surface area contributed by atoms with E-state index in [-0.39, 0.29) is 5.56 Å². The van der Waals surface area contributed by atoms with Crippen LogP contribution in [0.3, 0.4) is 0 Å². The van der Waals surface area contributed by atoms with Gasteiger partial charge >= 0.3 is 0 Å². The van der Waals surface area contributed by atoms with Crippen molar-refractivity contribution in [2.45, 2.75) is 51.6 Å². The Morgan fingerprint density at radius 2 is 1.83 bits per heavy atom. The molecule has 2 rings (SSSR count). The SMILES string of the molecule is Cc1cc(C)c(C(=O)C2(O)CCCCC2)c(F)c1. The number of Topliss-reactive ketones (excluding diaryl/α,β-unsaturated/α-hetero) is 1. The summed E-state index contributed by atoms with van der Waals surface area (Å²) in [6.45, 7) is 3.51. The molecule has 2 nitrogen and oxygen atoms in total. The van der Waals surface area contributed by atoms with Crippen LogP contribution in [-0.4, -0.2) is 16.5 Å². The highest BCUT2D eigenvalue weighted by molar-refractivity contribution is 6.03. The van der Waals surface area contributed by atoms with Gasteiger partial charge < -0.3 is 5.11 Å². The molecule has 1 aromatic rings. The quantitative estimate of drug-likeness (QED) is 0.817. The Balaban J connectivity index is 2.39. The summed E-state index contributed by atoms with van der Waals surface area (Å²) < 4.78 is 14.0. The molecule has 1 fully saturated rings. The molecule has 1 N–H and O–H groups in total. The van der Waals surface area contributed by atoms with Crippen LogP contribution in [-0.2, 0) is 0 Å². The second-order valence-corrected chi connectivity index (χ2v) is 5.36. The van der Waals surface area contributed by atoms with Crippen LogP contribution in [0.25, 0.3) is 0 Å². The largest absolute Gasteiger partial charge is 0.382 e. The number of halogens is 1. The zero-order valence-electron chi connectivity index (χ0n) is 10.9. The van der Waals surface area contributed by atoms with Crippen molar-refractivity contribution in [2.75, 3.05) is 0 Å². The van der Waals surface area contributed by atoms with E-state index in [0.29, 0.717) is 18.4 Å². The van der Waals surface area contributed by atoms with Crippen LogP contribution < -0.4 is 0 Å². The molecule has 3 heteroatoms. The maximum atomic E-state index is 14.0. The van der Waals surface area contributed by atoms with Crippen LogP contribution in [0.1, 0.15) is 53.6 Å². The number of hydrogen-bond donors (Lipinski definition) is 1. The van der Waals surface area contributed by atoms with Crippen molar-refractivity contribution >= 4 is 5.78 Å². The molecule has 0 aromatic heterocycles. The van der Waals surface area contributed by atoms with Crippen molar-refractivity contribution in [1.29, 1.82) is 0 Å². The number of carbonyl (C=O) groups excluding carboxylic acids is 1. The first-order valence-corrected chi connectivity index (χ1v) is 6.48. The van der Waals surface area contributed by atoms with Crippen LogP contribution in [0.5, 0.6) is 0 Å². The van der Waals surface area contributed by atoms with E-state index in [1.807, 2.05) is 0 Å². The van der Waals surface area contributed by atoms with Gasteiger partial charge in [0, 0.05) is 0 Å². The number of carbonyl (C=O) groups is 1. The summed E-state index contributed by atoms with van der Waals surface area (Å²) in [5.41, 5.74) is 0.0951. The molecular formula is C15H19FO2. The normalized spacial score (nSPS) is 18.7. The van der Waals surface area contributed by atoms with Crippen molar-refractivity contribution in [3.8, 4) is 0 Å². The molecule has 1 saturated carbocycles. The van der Waals surface area contributed by atoms with Gasteiger partial charge in [0.05, 0.1) is 5.56 Å². The lowest BCUT2D eigenvalue weighted by Gasteiger charge is -2.31. The minimum atomic E-state index is -1.36. The lowest BCUT2D eigenvalue weighted by molar-refractivity contribution is 0.0112. The van der Waals surface area contributed by atoms with Crippen molar-refractivity contribution in [3.63, 3.8) is 0 Å². The molecule has 0 unspecified atom stereocenters. The standard InChI is InChI=1S/C15H19FO2/c1-10-8-11(2)13(12(16)9-10)14(17)15(18)6-4-3-5-7-15/h8-9,18H,3-7H2,1-2H3. The lowest BCUT2D eigenvalue weighted by Crippen LogP contribution is -2.41. The first-order valence-electron chi connectivity index (χ1n) is 6.48. The fourth-order valence-electron chi connectivity index (χ4n) is 2.80. The van der Waals surface area contributed by atoms with E-state index in [9.17, 15) is 14.3 Å². The van der Waals surface area contributed by atoms with Crippen molar-refractivity contribution in [2.24, 2.45) is 0 Å². The summed E-state index contributed by atoms with van der Waals surface area (Å²) >= 11 is 0. The molecule has 18 heavy (non-hydrogen) atoms. The Bertz CT molecular complexity index is 450. The molecule has 0 radical (unpaired) electrons. The van der Waals surface area contributed by atoms with Crippen molar-refractivity contribution in [1.82, 2.24) is 0 Å². The zero-order valence-corrected chi connectivity index (χ0v) is 10.9. The molecule has 0 heterocycles. The van der Waals surface area contributed by atoms with Gasteiger partial charge in [0.1, 0.15) is 11.4 Å². The minimum Gasteiger partial charge on any atom is -0.382 e. The predicted octanol–water partition coefficient (Wildman–Crippen LogP) is 3.32. The Morgan fingerprint density at radius 3 is 2.39 bits per heavy atom. The van der Waals surface area contributed by atoms with Crippen molar-refractivity contribution < 1.29 is 14.3 Å². The number of hydrogen-bond acceptors (Lipinski definition) is 2. The van der Waals surface area contributed by atoms with Crippen LogP contribution >= 0.6 is 0 Å². The maximum Gasteiger partial charge on any atom is 0.197 e. The van der Waals surface area contributed by atoms with Gasteiger partial charge in [0.25, 0.3) is 0 Å². The van der Waals surface area contributed by atoms with Gasteiger partial charge in [0.15, 0.2) is 5.78 Å². The lowest BCUT2D eigenvalue weighted by atomic mass is 9.78. The van der Waals surface area contributed by atoms with E-state index in [2.05, 4.69) is 0 Å². The van der Waals surface area contributed by atoms with E-state index in [1.165, 1.54) is 6.07 Å². The molecule has 0 spiro atoms. The smallest absolute Gasteiger partial charge is 0.197 e. The summed E-state index contributed by atoms with van der Waals surface area (Å²) in [6, 6.07) is 3.13. The Kier molecular flexibility index (Phi) is 3.53. The summed E-state index contributed by atoms with van der Waals surface area (Å²) in [5.74, 6) is -0.964. The molecule has 0 bridgehead atoms. The first-order chi connectivity index (χ1) is 8.44. The number of aryl methyl sites for hydroxylation is 2. The number of aliphatic hydroxyl groups is 1. The van der Waals surface area contributed by atoms with Gasteiger partial charge in [-0.1, -0.05) is 25.3 Å². The third-order valence-corrected chi connectivity index (χ3v) is 3.76. The van der Waals surface area contributed by atoms with E-state index in [0.717, 1.165) is 24.8 Å². The highest BCUT2D eigenvalue weighted by Gasteiger charge is 2.39. The highest BCUT2D eigenvalue weighted by atomic mass is 19.1. The molecule has 0 amide bonds. The molecule has 98 valence electrons. The average Bonchev–Trinajstić information content (AvgIpc) is 2.28. The topological polar surface area (TPSA) is 37.3 Å². The van der Waals surface area contributed by atoms with Crippen LogP contribution in [0, 0.1) is 19.7 Å². The fourth-order valence-corrected chi connectivity index (χ4v) is 2.80. The average molecular weight is 250 g/mol. The van der Waals surface area contributed by atoms with Crippen molar-refractivity contribution in [3.05, 3.63) is 34.6 Å². The Labute approximate surface area is 107 Å². The number of ketones is 1. The predicted molar refractivity (Wildman–Crippen MR) is 68.2 cm³/mol. The molecule has 0 atom stereocenters. The van der Waals surface area contributed by atoms with Crippen LogP contribution in [0.2, 0.25) is 0 Å². The molecule has 1 aromatic carbocycles. The molecule has 1 aliphatic carbocycles. The number of rotatable bonds is 2. The maximum absolute atomic E-state index is 14.0. The Morgan fingerprint density at radius 1 is 1.22 bits per heavy atom. The van der Waals surface area contributed by atoms with Crippen LogP contribution in [0.15, 0.2) is 12.1 Å². The number of benzene rings is 1. The summed E-state index contributed by atoms with van der Waals surface area (Å²) in [7, 11) is 0. The zero-order chi connectivity index (χ0) is 13.3. The molecule has 0 saturated heterocycles. The third-order valence-electron chi connectivity index (χ3n) is 3.76. The molecule has 0 aliphatic heterocycles. The van der Waals surface area contributed by atoms with Gasteiger partial charge in [-0.3, -0.25) is 4.79 Å². The van der Waals surface area contributed by atoms with E-state index in [4.69, 9.17) is 0 Å². The second kappa shape index (κ2) is 4.81. The fraction of sp³-hybridized carbons (Fsp3) is 0.533. The summed E-state index contributed by atoms with van der Waals surface area (Å²) in [6.07, 6.45) is 3.58.